The van der Waals surface area contributed by atoms with Gasteiger partial charge in [-0.25, -0.2) is 4.39 Å². The highest BCUT2D eigenvalue weighted by Gasteiger charge is 2.23. The molecule has 1 aliphatic carbocycles. The van der Waals surface area contributed by atoms with Gasteiger partial charge in [0.1, 0.15) is 5.82 Å². The molecule has 100 valence electrons. The molecule has 0 radical (unpaired) electrons. The normalized spacial score (nSPS) is 18.0. The number of aliphatic hydroxyl groups is 1. The Kier molecular flexibility index (Phi) is 4.23. The maximum absolute atomic E-state index is 14.1. The molecular formula is C15H22FNO. The van der Waals surface area contributed by atoms with Crippen LogP contribution < -0.4 is 4.90 Å². The highest BCUT2D eigenvalue weighted by atomic mass is 19.1. The maximum atomic E-state index is 14.1. The second kappa shape index (κ2) is 5.70. The minimum Gasteiger partial charge on any atom is -0.389 e. The van der Waals surface area contributed by atoms with Crippen LogP contribution in [0.1, 0.15) is 51.2 Å². The smallest absolute Gasteiger partial charge is 0.146 e. The monoisotopic (exact) mass is 251 g/mol. The lowest BCUT2D eigenvalue weighted by atomic mass is 10.1. The van der Waals surface area contributed by atoms with E-state index in [9.17, 15) is 9.50 Å². The van der Waals surface area contributed by atoms with Gasteiger partial charge in [0.2, 0.25) is 0 Å². The minimum atomic E-state index is -0.616. The fraction of sp³-hybridized carbons (Fsp3) is 0.600. The Morgan fingerprint density at radius 2 is 2.06 bits per heavy atom. The molecule has 0 saturated heterocycles. The van der Waals surface area contributed by atoms with Crippen molar-refractivity contribution in [3.63, 3.8) is 0 Å². The van der Waals surface area contributed by atoms with Crippen LogP contribution in [-0.4, -0.2) is 17.7 Å². The van der Waals surface area contributed by atoms with Crippen molar-refractivity contribution in [2.45, 2.75) is 51.7 Å². The Bertz CT molecular complexity index is 399. The van der Waals surface area contributed by atoms with Crippen LogP contribution in [0, 0.1) is 5.82 Å². The molecule has 2 rings (SSSR count). The lowest BCUT2D eigenvalue weighted by molar-refractivity contribution is 0.199. The first-order valence-electron chi connectivity index (χ1n) is 6.87. The zero-order chi connectivity index (χ0) is 13.1. The Morgan fingerprint density at radius 3 is 2.56 bits per heavy atom. The van der Waals surface area contributed by atoms with E-state index < -0.39 is 6.10 Å². The average Bonchev–Trinajstić information content (AvgIpc) is 2.85. The van der Waals surface area contributed by atoms with Gasteiger partial charge in [-0.3, -0.25) is 0 Å². The summed E-state index contributed by atoms with van der Waals surface area (Å²) in [5.41, 5.74) is 1.31. The van der Waals surface area contributed by atoms with Crippen molar-refractivity contribution in [3.05, 3.63) is 29.6 Å². The van der Waals surface area contributed by atoms with E-state index in [0.717, 1.165) is 19.4 Å². The first kappa shape index (κ1) is 13.3. The first-order chi connectivity index (χ1) is 8.63. The molecule has 1 aromatic rings. The number of hydrogen-bond donors (Lipinski definition) is 1. The predicted octanol–water partition coefficient (Wildman–Crippen LogP) is 3.65. The topological polar surface area (TPSA) is 23.5 Å². The van der Waals surface area contributed by atoms with Crippen molar-refractivity contribution in [2.75, 3.05) is 11.4 Å². The molecule has 0 spiro atoms. The number of halogens is 1. The Balaban J connectivity index is 2.25. The van der Waals surface area contributed by atoms with E-state index in [1.165, 1.54) is 18.9 Å². The van der Waals surface area contributed by atoms with Crippen LogP contribution in [0.5, 0.6) is 0 Å². The summed E-state index contributed by atoms with van der Waals surface area (Å²) in [6.07, 6.45) is 4.19. The summed E-state index contributed by atoms with van der Waals surface area (Å²) in [4.78, 5) is 2.16. The van der Waals surface area contributed by atoms with Crippen LogP contribution in [0.2, 0.25) is 0 Å². The molecule has 1 atom stereocenters. The molecular weight excluding hydrogens is 229 g/mol. The Labute approximate surface area is 108 Å². The third-order valence-corrected chi connectivity index (χ3v) is 3.87. The van der Waals surface area contributed by atoms with Crippen molar-refractivity contribution in [2.24, 2.45) is 0 Å². The zero-order valence-electron chi connectivity index (χ0n) is 11.2. The Morgan fingerprint density at radius 1 is 1.39 bits per heavy atom. The number of nitrogens with zero attached hydrogens (tertiary/aromatic N) is 1. The summed E-state index contributed by atoms with van der Waals surface area (Å²) in [5.74, 6) is -0.220. The summed E-state index contributed by atoms with van der Waals surface area (Å²) in [6, 6.07) is 5.55. The van der Waals surface area contributed by atoms with Crippen LogP contribution in [0.3, 0.4) is 0 Å². The fourth-order valence-corrected chi connectivity index (χ4v) is 2.86. The molecule has 18 heavy (non-hydrogen) atoms. The molecule has 1 aromatic carbocycles. The van der Waals surface area contributed by atoms with Gasteiger partial charge in [-0.1, -0.05) is 18.9 Å². The molecule has 0 aliphatic heterocycles. The van der Waals surface area contributed by atoms with Crippen molar-refractivity contribution in [1.29, 1.82) is 0 Å². The molecule has 1 aliphatic rings. The standard InChI is InChI=1S/C15H22FNO/c1-3-17(13-6-4-5-7-13)15-9-8-12(11(2)18)10-14(15)16/h8-11,13,18H,3-7H2,1-2H3. The number of anilines is 1. The average molecular weight is 251 g/mol. The summed E-state index contributed by atoms with van der Waals surface area (Å²) in [5, 5.41) is 9.47. The third kappa shape index (κ3) is 2.66. The third-order valence-electron chi connectivity index (χ3n) is 3.87. The van der Waals surface area contributed by atoms with Gasteiger partial charge in [0, 0.05) is 12.6 Å². The molecule has 0 heterocycles. The largest absolute Gasteiger partial charge is 0.389 e. The predicted molar refractivity (Wildman–Crippen MR) is 72.3 cm³/mol. The van der Waals surface area contributed by atoms with Crippen LogP contribution in [0.15, 0.2) is 18.2 Å². The zero-order valence-corrected chi connectivity index (χ0v) is 11.2. The highest BCUT2D eigenvalue weighted by Crippen LogP contribution is 2.30. The van der Waals surface area contributed by atoms with E-state index in [4.69, 9.17) is 0 Å². The van der Waals surface area contributed by atoms with E-state index in [1.807, 2.05) is 6.07 Å². The first-order valence-corrected chi connectivity index (χ1v) is 6.87. The summed E-state index contributed by atoms with van der Waals surface area (Å²) in [6.45, 7) is 4.55. The lowest BCUT2D eigenvalue weighted by Crippen LogP contribution is -2.33. The van der Waals surface area contributed by atoms with Crippen LogP contribution >= 0.6 is 0 Å². The molecule has 1 saturated carbocycles. The van der Waals surface area contributed by atoms with Gasteiger partial charge in [0.15, 0.2) is 0 Å². The number of hydrogen-bond acceptors (Lipinski definition) is 2. The molecule has 1 fully saturated rings. The second-order valence-corrected chi connectivity index (χ2v) is 5.11. The molecule has 1 N–H and O–H groups in total. The van der Waals surface area contributed by atoms with Crippen molar-refractivity contribution >= 4 is 5.69 Å². The van der Waals surface area contributed by atoms with Crippen molar-refractivity contribution in [3.8, 4) is 0 Å². The summed E-state index contributed by atoms with van der Waals surface area (Å²) in [7, 11) is 0. The van der Waals surface area contributed by atoms with Gasteiger partial charge < -0.3 is 10.0 Å². The van der Waals surface area contributed by atoms with Gasteiger partial charge in [-0.05, 0) is 44.4 Å². The second-order valence-electron chi connectivity index (χ2n) is 5.11. The quantitative estimate of drug-likeness (QED) is 0.883. The van der Waals surface area contributed by atoms with Gasteiger partial charge >= 0.3 is 0 Å². The van der Waals surface area contributed by atoms with Gasteiger partial charge in [-0.2, -0.15) is 0 Å². The highest BCUT2D eigenvalue weighted by molar-refractivity contribution is 5.50. The molecule has 2 nitrogen and oxygen atoms in total. The Hall–Kier alpha value is -1.09. The maximum Gasteiger partial charge on any atom is 0.146 e. The van der Waals surface area contributed by atoms with Crippen LogP contribution in [0.4, 0.5) is 10.1 Å². The van der Waals surface area contributed by atoms with Crippen molar-refractivity contribution < 1.29 is 9.50 Å². The summed E-state index contributed by atoms with van der Waals surface area (Å²) >= 11 is 0. The van der Waals surface area contributed by atoms with Gasteiger partial charge in [0.25, 0.3) is 0 Å². The number of benzene rings is 1. The molecule has 3 heteroatoms. The van der Waals surface area contributed by atoms with E-state index in [0.29, 0.717) is 17.3 Å². The molecule has 1 unspecified atom stereocenters. The number of aliphatic hydroxyl groups excluding tert-OH is 1. The van der Waals surface area contributed by atoms with E-state index in [-0.39, 0.29) is 5.82 Å². The summed E-state index contributed by atoms with van der Waals surface area (Å²) < 4.78 is 14.1. The lowest BCUT2D eigenvalue weighted by Gasteiger charge is -2.30. The molecule has 0 bridgehead atoms. The molecule has 0 aromatic heterocycles. The van der Waals surface area contributed by atoms with Crippen molar-refractivity contribution in [1.82, 2.24) is 0 Å². The SMILES string of the molecule is CCN(c1ccc(C(C)O)cc1F)C1CCCC1. The fourth-order valence-electron chi connectivity index (χ4n) is 2.86. The number of rotatable bonds is 4. The van der Waals surface area contributed by atoms with Gasteiger partial charge in [0.05, 0.1) is 11.8 Å². The van der Waals surface area contributed by atoms with E-state index in [2.05, 4.69) is 11.8 Å². The van der Waals surface area contributed by atoms with Crippen LogP contribution in [-0.2, 0) is 0 Å². The minimum absolute atomic E-state index is 0.220. The van der Waals surface area contributed by atoms with E-state index in [1.54, 1.807) is 13.0 Å². The molecule has 0 amide bonds. The van der Waals surface area contributed by atoms with E-state index >= 15 is 0 Å². The van der Waals surface area contributed by atoms with Gasteiger partial charge in [-0.15, -0.1) is 0 Å². The van der Waals surface area contributed by atoms with Crippen LogP contribution in [0.25, 0.3) is 0 Å².